The molecule has 29 heavy (non-hydrogen) atoms. The van der Waals surface area contributed by atoms with Gasteiger partial charge in [-0.05, 0) is 26.0 Å². The smallest absolute Gasteiger partial charge is 0.311 e. The van der Waals surface area contributed by atoms with Crippen LogP contribution in [-0.4, -0.2) is 35.7 Å². The van der Waals surface area contributed by atoms with E-state index in [0.717, 1.165) is 5.56 Å². The number of Topliss-reactive ketones (excluding diaryl/α,β-unsaturated/α-hetero) is 1. The van der Waals surface area contributed by atoms with Gasteiger partial charge in [0.1, 0.15) is 0 Å². The molecule has 0 saturated carbocycles. The van der Waals surface area contributed by atoms with Crippen LogP contribution in [0.4, 0.5) is 11.4 Å². The fraction of sp³-hybridized carbons (Fsp3) is 0.286. The Bertz CT molecular complexity index is 983. The van der Waals surface area contributed by atoms with Crippen molar-refractivity contribution in [2.24, 2.45) is 5.92 Å². The Morgan fingerprint density at radius 2 is 1.86 bits per heavy atom. The van der Waals surface area contributed by atoms with Gasteiger partial charge in [-0.25, -0.2) is 0 Å². The first kappa shape index (κ1) is 20.2. The van der Waals surface area contributed by atoms with E-state index in [1.807, 2.05) is 31.2 Å². The first-order chi connectivity index (χ1) is 13.8. The number of amides is 1. The molecule has 0 aliphatic carbocycles. The van der Waals surface area contributed by atoms with E-state index in [1.54, 1.807) is 6.92 Å². The van der Waals surface area contributed by atoms with Crippen LogP contribution in [0.25, 0.3) is 0 Å². The van der Waals surface area contributed by atoms with Crippen LogP contribution >= 0.6 is 0 Å². The highest BCUT2D eigenvalue weighted by Crippen LogP contribution is 2.26. The van der Waals surface area contributed by atoms with Gasteiger partial charge < -0.3 is 9.64 Å². The number of hydrogen-bond acceptors (Lipinski definition) is 6. The maximum atomic E-state index is 12.3. The zero-order chi connectivity index (χ0) is 21.1. The predicted octanol–water partition coefficient (Wildman–Crippen LogP) is 2.99. The molecule has 150 valence electrons. The van der Waals surface area contributed by atoms with Gasteiger partial charge in [0.15, 0.2) is 6.61 Å². The molecule has 0 bridgehead atoms. The van der Waals surface area contributed by atoms with Crippen LogP contribution in [0.3, 0.4) is 0 Å². The quantitative estimate of drug-likeness (QED) is 0.322. The van der Waals surface area contributed by atoms with Crippen molar-refractivity contribution in [2.45, 2.75) is 20.3 Å². The number of carbonyl (C=O) groups excluding carboxylic acids is 3. The van der Waals surface area contributed by atoms with E-state index in [9.17, 15) is 24.5 Å². The van der Waals surface area contributed by atoms with E-state index in [-0.39, 0.29) is 30.1 Å². The molecule has 1 heterocycles. The topological polar surface area (TPSA) is 107 Å². The Morgan fingerprint density at radius 1 is 1.17 bits per heavy atom. The molecule has 1 fully saturated rings. The number of rotatable bonds is 6. The normalized spacial score (nSPS) is 16.0. The molecule has 1 saturated heterocycles. The first-order valence-electron chi connectivity index (χ1n) is 9.08. The molecular formula is C21H20N2O6. The van der Waals surface area contributed by atoms with Gasteiger partial charge in [-0.2, -0.15) is 0 Å². The number of hydrogen-bond donors (Lipinski definition) is 0. The summed E-state index contributed by atoms with van der Waals surface area (Å²) in [6.45, 7) is 3.16. The second-order valence-electron chi connectivity index (χ2n) is 7.03. The minimum atomic E-state index is -0.663. The average molecular weight is 396 g/mol. The number of ketones is 1. The highest BCUT2D eigenvalue weighted by molar-refractivity contribution is 6.01. The number of ether oxygens (including phenoxy) is 1. The Hall–Kier alpha value is -3.55. The fourth-order valence-electron chi connectivity index (χ4n) is 3.16. The average Bonchev–Trinajstić information content (AvgIpc) is 3.08. The molecule has 0 radical (unpaired) electrons. The zero-order valence-electron chi connectivity index (χ0n) is 16.1. The molecular weight excluding hydrogens is 376 g/mol. The third-order valence-electron chi connectivity index (χ3n) is 4.88. The number of carbonyl (C=O) groups is 3. The van der Waals surface area contributed by atoms with Crippen LogP contribution in [0.2, 0.25) is 0 Å². The van der Waals surface area contributed by atoms with E-state index in [4.69, 9.17) is 4.74 Å². The van der Waals surface area contributed by atoms with Crippen LogP contribution in [0.1, 0.15) is 27.9 Å². The molecule has 8 nitrogen and oxygen atoms in total. The van der Waals surface area contributed by atoms with Gasteiger partial charge in [-0.15, -0.1) is 0 Å². The summed E-state index contributed by atoms with van der Waals surface area (Å²) in [5.74, 6) is -2.02. The third kappa shape index (κ3) is 4.48. The fourth-order valence-corrected chi connectivity index (χ4v) is 3.16. The second kappa shape index (κ2) is 8.22. The second-order valence-corrected chi connectivity index (χ2v) is 7.03. The minimum absolute atomic E-state index is 0.0108. The van der Waals surface area contributed by atoms with Crippen molar-refractivity contribution in [1.82, 2.24) is 0 Å². The molecule has 3 rings (SSSR count). The van der Waals surface area contributed by atoms with E-state index in [1.165, 1.54) is 23.1 Å². The largest absolute Gasteiger partial charge is 0.457 e. The molecule has 8 heteroatoms. The predicted molar refractivity (Wildman–Crippen MR) is 105 cm³/mol. The Balaban J connectivity index is 1.60. The number of nitro groups is 1. The summed E-state index contributed by atoms with van der Waals surface area (Å²) < 4.78 is 5.09. The lowest BCUT2D eigenvalue weighted by Crippen LogP contribution is -2.27. The number of anilines is 1. The number of aryl methyl sites for hydroxylation is 2. The van der Waals surface area contributed by atoms with Crippen molar-refractivity contribution in [3.8, 4) is 0 Å². The van der Waals surface area contributed by atoms with Crippen LogP contribution in [0.15, 0.2) is 42.5 Å². The summed E-state index contributed by atoms with van der Waals surface area (Å²) >= 11 is 0. The van der Waals surface area contributed by atoms with Crippen molar-refractivity contribution in [3.63, 3.8) is 0 Å². The van der Waals surface area contributed by atoms with Crippen LogP contribution < -0.4 is 4.90 Å². The summed E-state index contributed by atoms with van der Waals surface area (Å²) in [5.41, 5.74) is 2.13. The van der Waals surface area contributed by atoms with Gasteiger partial charge in [-0.1, -0.05) is 29.8 Å². The summed E-state index contributed by atoms with van der Waals surface area (Å²) in [7, 11) is 0. The highest BCUT2D eigenvalue weighted by atomic mass is 16.6. The summed E-state index contributed by atoms with van der Waals surface area (Å²) in [6.07, 6.45) is 0.0108. The van der Waals surface area contributed by atoms with E-state index in [0.29, 0.717) is 11.3 Å². The zero-order valence-corrected chi connectivity index (χ0v) is 16.1. The van der Waals surface area contributed by atoms with Gasteiger partial charge >= 0.3 is 5.97 Å². The SMILES string of the molecule is Cc1ccc(N2C[C@H](C(=O)OCC(=O)c3ccc(C)c([N+](=O)[O-])c3)CC2=O)cc1. The molecule has 0 unspecified atom stereocenters. The molecule has 0 spiro atoms. The van der Waals surface area contributed by atoms with Crippen molar-refractivity contribution >= 4 is 29.0 Å². The highest BCUT2D eigenvalue weighted by Gasteiger charge is 2.36. The van der Waals surface area contributed by atoms with Gasteiger partial charge in [0.05, 0.1) is 10.8 Å². The Morgan fingerprint density at radius 3 is 2.52 bits per heavy atom. The van der Waals surface area contributed by atoms with Crippen molar-refractivity contribution in [1.29, 1.82) is 0 Å². The molecule has 1 amide bonds. The number of nitrogens with zero attached hydrogens (tertiary/aromatic N) is 2. The minimum Gasteiger partial charge on any atom is -0.457 e. The number of nitro benzene ring substituents is 1. The van der Waals surface area contributed by atoms with E-state index >= 15 is 0 Å². The molecule has 1 atom stereocenters. The maximum Gasteiger partial charge on any atom is 0.311 e. The Labute approximate surface area is 167 Å². The van der Waals surface area contributed by atoms with Crippen LogP contribution in [-0.2, 0) is 14.3 Å². The summed E-state index contributed by atoms with van der Waals surface area (Å²) in [5, 5.41) is 11.0. The lowest BCUT2D eigenvalue weighted by atomic mass is 10.1. The lowest BCUT2D eigenvalue weighted by Gasteiger charge is -2.16. The van der Waals surface area contributed by atoms with Crippen LogP contribution in [0.5, 0.6) is 0 Å². The summed E-state index contributed by atoms with van der Waals surface area (Å²) in [6, 6.07) is 11.5. The third-order valence-corrected chi connectivity index (χ3v) is 4.88. The van der Waals surface area contributed by atoms with Gasteiger partial charge in [-0.3, -0.25) is 24.5 Å². The standard InChI is InChI=1S/C21H20N2O6/c1-13-3-7-17(8-4-13)22-11-16(10-20(22)25)21(26)29-12-19(24)15-6-5-14(2)18(9-15)23(27)28/h3-9,16H,10-12H2,1-2H3/t16-/m1/s1. The van der Waals surface area contributed by atoms with Gasteiger partial charge in [0.2, 0.25) is 11.7 Å². The van der Waals surface area contributed by atoms with Crippen molar-refractivity contribution < 1.29 is 24.0 Å². The Kier molecular flexibility index (Phi) is 5.72. The van der Waals surface area contributed by atoms with Crippen LogP contribution in [0, 0.1) is 29.9 Å². The molecule has 2 aromatic rings. The monoisotopic (exact) mass is 396 g/mol. The molecule has 1 aliphatic rings. The molecule has 0 aromatic heterocycles. The first-order valence-corrected chi connectivity index (χ1v) is 9.08. The lowest BCUT2D eigenvalue weighted by molar-refractivity contribution is -0.385. The maximum absolute atomic E-state index is 12.3. The number of benzene rings is 2. The van der Waals surface area contributed by atoms with Gasteiger partial charge in [0.25, 0.3) is 5.69 Å². The van der Waals surface area contributed by atoms with Crippen molar-refractivity contribution in [2.75, 3.05) is 18.1 Å². The van der Waals surface area contributed by atoms with Gasteiger partial charge in [0, 0.05) is 35.8 Å². The summed E-state index contributed by atoms with van der Waals surface area (Å²) in [4.78, 5) is 48.8. The molecule has 0 N–H and O–H groups in total. The van der Waals surface area contributed by atoms with E-state index in [2.05, 4.69) is 0 Å². The van der Waals surface area contributed by atoms with Crippen molar-refractivity contribution in [3.05, 3.63) is 69.3 Å². The van der Waals surface area contributed by atoms with E-state index < -0.39 is 29.2 Å². The molecule has 2 aromatic carbocycles. The number of esters is 1. The molecule has 1 aliphatic heterocycles.